The summed E-state index contributed by atoms with van der Waals surface area (Å²) in [5.74, 6) is -1.21. The van der Waals surface area contributed by atoms with Crippen LogP contribution in [0.25, 0.3) is 6.08 Å². The molecule has 0 aliphatic heterocycles. The van der Waals surface area contributed by atoms with Crippen LogP contribution in [-0.4, -0.2) is 30.8 Å². The fourth-order valence-corrected chi connectivity index (χ4v) is 1.84. The molecule has 2 aromatic rings. The zero-order valence-electron chi connectivity index (χ0n) is 13.5. The lowest BCUT2D eigenvalue weighted by Crippen LogP contribution is -2.19. The van der Waals surface area contributed by atoms with Gasteiger partial charge >= 0.3 is 6.18 Å². The van der Waals surface area contributed by atoms with Crippen LogP contribution in [0.4, 0.5) is 23.2 Å². The first-order valence-electron chi connectivity index (χ1n) is 7.25. The summed E-state index contributed by atoms with van der Waals surface area (Å²) in [5.41, 5.74) is 0.715. The number of carbonyl (C=O) groups is 1. The molecule has 0 saturated carbocycles. The van der Waals surface area contributed by atoms with Crippen LogP contribution in [0, 0.1) is 5.82 Å². The Morgan fingerprint density at radius 2 is 2.04 bits per heavy atom. The van der Waals surface area contributed by atoms with E-state index in [0.717, 1.165) is 6.20 Å². The van der Waals surface area contributed by atoms with E-state index >= 15 is 0 Å². The molecule has 0 aliphatic carbocycles. The molecule has 138 valence electrons. The average molecular weight is 370 g/mol. The summed E-state index contributed by atoms with van der Waals surface area (Å²) in [5, 5.41) is 2.46. The van der Waals surface area contributed by atoms with Crippen LogP contribution in [0.1, 0.15) is 5.56 Å². The zero-order chi connectivity index (χ0) is 19.2. The molecule has 5 nitrogen and oxygen atoms in total. The number of anilines is 1. The lowest BCUT2D eigenvalue weighted by atomic mass is 10.2. The second-order valence-corrected chi connectivity index (χ2v) is 5.01. The highest BCUT2D eigenvalue weighted by atomic mass is 19.4. The van der Waals surface area contributed by atoms with Gasteiger partial charge in [-0.25, -0.2) is 9.37 Å². The molecule has 2 rings (SSSR count). The topological polar surface area (TPSA) is 60.5 Å². The van der Waals surface area contributed by atoms with Gasteiger partial charge in [0, 0.05) is 12.1 Å². The zero-order valence-corrected chi connectivity index (χ0v) is 13.5. The van der Waals surface area contributed by atoms with Crippen molar-refractivity contribution in [2.75, 3.05) is 19.0 Å². The maximum absolute atomic E-state index is 13.5. The van der Waals surface area contributed by atoms with Crippen molar-refractivity contribution in [3.8, 4) is 11.6 Å². The van der Waals surface area contributed by atoms with Crippen LogP contribution in [0.15, 0.2) is 42.6 Å². The van der Waals surface area contributed by atoms with Gasteiger partial charge in [-0.2, -0.15) is 13.2 Å². The maximum atomic E-state index is 13.5. The Bertz CT molecular complexity index is 790. The molecular weight excluding hydrogens is 356 g/mol. The summed E-state index contributed by atoms with van der Waals surface area (Å²) >= 11 is 0. The van der Waals surface area contributed by atoms with Gasteiger partial charge in [0.2, 0.25) is 11.8 Å². The summed E-state index contributed by atoms with van der Waals surface area (Å²) in [6, 6.07) is 6.74. The van der Waals surface area contributed by atoms with E-state index in [1.165, 1.54) is 43.5 Å². The van der Waals surface area contributed by atoms with Gasteiger partial charge in [-0.05, 0) is 29.8 Å². The SMILES string of the molecule is COc1ccc(C=CC(=O)Nc2ccc(OCC(F)(F)F)nc2)cc1F. The predicted molar refractivity (Wildman–Crippen MR) is 86.4 cm³/mol. The van der Waals surface area contributed by atoms with E-state index in [9.17, 15) is 22.4 Å². The molecule has 1 aromatic heterocycles. The number of rotatable bonds is 6. The van der Waals surface area contributed by atoms with Crippen molar-refractivity contribution in [2.45, 2.75) is 6.18 Å². The smallest absolute Gasteiger partial charge is 0.422 e. The lowest BCUT2D eigenvalue weighted by Gasteiger charge is -2.08. The number of alkyl halides is 3. The predicted octanol–water partition coefficient (Wildman–Crippen LogP) is 3.82. The van der Waals surface area contributed by atoms with Gasteiger partial charge < -0.3 is 14.8 Å². The Labute approximate surface area is 146 Å². The summed E-state index contributed by atoms with van der Waals surface area (Å²) < 4.78 is 58.9. The number of pyridine rings is 1. The molecule has 26 heavy (non-hydrogen) atoms. The van der Waals surface area contributed by atoms with Crippen molar-refractivity contribution in [2.24, 2.45) is 0 Å². The molecule has 9 heteroatoms. The van der Waals surface area contributed by atoms with Gasteiger partial charge in [0.05, 0.1) is 19.0 Å². The molecule has 1 heterocycles. The standard InChI is InChI=1S/C17H14F4N2O3/c1-25-14-5-2-11(8-13(14)18)3-6-15(24)23-12-4-7-16(22-9-12)26-10-17(19,20)21/h2-9H,10H2,1H3,(H,23,24). The maximum Gasteiger partial charge on any atom is 0.422 e. The summed E-state index contributed by atoms with van der Waals surface area (Å²) in [6.45, 7) is -1.45. The molecule has 1 amide bonds. The normalized spacial score (nSPS) is 11.4. The van der Waals surface area contributed by atoms with E-state index in [4.69, 9.17) is 4.74 Å². The third-order valence-electron chi connectivity index (χ3n) is 2.99. The number of halogens is 4. The number of hydrogen-bond acceptors (Lipinski definition) is 4. The molecule has 0 spiro atoms. The summed E-state index contributed by atoms with van der Waals surface area (Å²) in [7, 11) is 1.34. The Hall–Kier alpha value is -3.10. The molecule has 0 atom stereocenters. The molecule has 0 fully saturated rings. The molecular formula is C17H14F4N2O3. The molecule has 0 aliphatic rings. The summed E-state index contributed by atoms with van der Waals surface area (Å²) in [4.78, 5) is 15.5. The van der Waals surface area contributed by atoms with Gasteiger partial charge in [-0.3, -0.25) is 4.79 Å². The first-order valence-corrected chi connectivity index (χ1v) is 7.25. The number of nitrogens with zero attached hydrogens (tertiary/aromatic N) is 1. The fraction of sp³-hybridized carbons (Fsp3) is 0.176. The third-order valence-corrected chi connectivity index (χ3v) is 2.99. The summed E-state index contributed by atoms with van der Waals surface area (Å²) in [6.07, 6.45) is -0.730. The van der Waals surface area contributed by atoms with Crippen molar-refractivity contribution in [1.82, 2.24) is 4.98 Å². The Balaban J connectivity index is 1.92. The van der Waals surface area contributed by atoms with Crippen LogP contribution in [0.2, 0.25) is 0 Å². The van der Waals surface area contributed by atoms with Gasteiger partial charge in [-0.1, -0.05) is 6.07 Å². The van der Waals surface area contributed by atoms with Crippen molar-refractivity contribution >= 4 is 17.7 Å². The van der Waals surface area contributed by atoms with Crippen molar-refractivity contribution < 1.29 is 31.8 Å². The minimum Gasteiger partial charge on any atom is -0.494 e. The highest BCUT2D eigenvalue weighted by Gasteiger charge is 2.28. The number of hydrogen-bond donors (Lipinski definition) is 1. The van der Waals surface area contributed by atoms with Gasteiger partial charge in [-0.15, -0.1) is 0 Å². The lowest BCUT2D eigenvalue weighted by molar-refractivity contribution is -0.154. The van der Waals surface area contributed by atoms with Crippen LogP contribution < -0.4 is 14.8 Å². The molecule has 0 unspecified atom stereocenters. The second kappa shape index (κ2) is 8.32. The number of ether oxygens (including phenoxy) is 2. The molecule has 0 radical (unpaired) electrons. The third kappa shape index (κ3) is 6.08. The Morgan fingerprint density at radius 1 is 1.27 bits per heavy atom. The Kier molecular flexibility index (Phi) is 6.16. The van der Waals surface area contributed by atoms with E-state index in [-0.39, 0.29) is 17.3 Å². The van der Waals surface area contributed by atoms with E-state index in [1.807, 2.05) is 0 Å². The van der Waals surface area contributed by atoms with Crippen molar-refractivity contribution in [1.29, 1.82) is 0 Å². The number of benzene rings is 1. The first kappa shape index (κ1) is 19.2. The molecule has 1 aromatic carbocycles. The molecule has 1 N–H and O–H groups in total. The van der Waals surface area contributed by atoms with Crippen LogP contribution >= 0.6 is 0 Å². The van der Waals surface area contributed by atoms with Crippen molar-refractivity contribution in [3.05, 3.63) is 54.0 Å². The number of aromatic nitrogens is 1. The largest absolute Gasteiger partial charge is 0.494 e. The van der Waals surface area contributed by atoms with Gasteiger partial charge in [0.1, 0.15) is 0 Å². The number of amides is 1. The van der Waals surface area contributed by atoms with Gasteiger partial charge in [0.15, 0.2) is 18.2 Å². The molecule has 0 bridgehead atoms. The Morgan fingerprint density at radius 3 is 2.62 bits per heavy atom. The average Bonchev–Trinajstić information content (AvgIpc) is 2.59. The van der Waals surface area contributed by atoms with E-state index in [2.05, 4.69) is 15.0 Å². The van der Waals surface area contributed by atoms with Crippen LogP contribution in [0.3, 0.4) is 0 Å². The number of nitrogens with one attached hydrogen (secondary N) is 1. The number of carbonyl (C=O) groups excluding carboxylic acids is 1. The quantitative estimate of drug-likeness (QED) is 0.620. The number of methoxy groups -OCH3 is 1. The van der Waals surface area contributed by atoms with Crippen LogP contribution in [-0.2, 0) is 4.79 Å². The van der Waals surface area contributed by atoms with Crippen molar-refractivity contribution in [3.63, 3.8) is 0 Å². The minimum atomic E-state index is -4.46. The molecule has 0 saturated heterocycles. The highest BCUT2D eigenvalue weighted by Crippen LogP contribution is 2.19. The van der Waals surface area contributed by atoms with E-state index in [1.54, 1.807) is 6.07 Å². The van der Waals surface area contributed by atoms with E-state index < -0.39 is 24.5 Å². The van der Waals surface area contributed by atoms with Crippen LogP contribution in [0.5, 0.6) is 11.6 Å². The highest BCUT2D eigenvalue weighted by molar-refractivity contribution is 6.01. The fourth-order valence-electron chi connectivity index (χ4n) is 1.84. The van der Waals surface area contributed by atoms with E-state index in [0.29, 0.717) is 5.56 Å². The van der Waals surface area contributed by atoms with Gasteiger partial charge in [0.25, 0.3) is 0 Å². The minimum absolute atomic E-state index is 0.0884. The monoisotopic (exact) mass is 370 g/mol. The first-order chi connectivity index (χ1) is 12.3. The second-order valence-electron chi connectivity index (χ2n) is 5.01.